The molecule has 0 saturated carbocycles. The Balaban J connectivity index is 2.41. The number of hydrogen-bond donors (Lipinski definition) is 1. The highest BCUT2D eigenvalue weighted by atomic mass is 32.1. The summed E-state index contributed by atoms with van der Waals surface area (Å²) in [5.74, 6) is 0. The second kappa shape index (κ2) is 4.13. The molecule has 0 amide bonds. The van der Waals surface area contributed by atoms with E-state index in [1.165, 1.54) is 16.0 Å². The van der Waals surface area contributed by atoms with E-state index < -0.39 is 0 Å². The molecular formula is C12H14N2S. The van der Waals surface area contributed by atoms with Crippen LogP contribution in [0, 0.1) is 13.8 Å². The number of benzene rings is 1. The molecule has 78 valence electrons. The van der Waals surface area contributed by atoms with Crippen LogP contribution in [0.15, 0.2) is 24.3 Å². The molecule has 1 heterocycles. The Kier molecular flexibility index (Phi) is 2.84. The van der Waals surface area contributed by atoms with Gasteiger partial charge in [-0.1, -0.05) is 29.8 Å². The fourth-order valence-corrected chi connectivity index (χ4v) is 2.38. The van der Waals surface area contributed by atoms with Crippen molar-refractivity contribution in [3.63, 3.8) is 0 Å². The Bertz CT molecular complexity index is 457. The highest BCUT2D eigenvalue weighted by Gasteiger charge is 2.07. The van der Waals surface area contributed by atoms with E-state index in [0.29, 0.717) is 6.54 Å². The van der Waals surface area contributed by atoms with Gasteiger partial charge < -0.3 is 5.73 Å². The zero-order valence-electron chi connectivity index (χ0n) is 8.95. The number of aromatic nitrogens is 1. The van der Waals surface area contributed by atoms with Gasteiger partial charge in [0.1, 0.15) is 5.01 Å². The number of nitrogens with zero attached hydrogens (tertiary/aromatic N) is 1. The van der Waals surface area contributed by atoms with Crippen LogP contribution in [0.3, 0.4) is 0 Å². The summed E-state index contributed by atoms with van der Waals surface area (Å²) >= 11 is 1.68. The first-order valence-electron chi connectivity index (χ1n) is 4.94. The molecule has 0 unspecified atom stereocenters. The molecule has 2 aromatic rings. The van der Waals surface area contributed by atoms with Crippen LogP contribution in [0.1, 0.15) is 16.1 Å². The molecule has 0 aliphatic carbocycles. The van der Waals surface area contributed by atoms with E-state index in [0.717, 1.165) is 10.7 Å². The van der Waals surface area contributed by atoms with Gasteiger partial charge in [0.25, 0.3) is 0 Å². The maximum absolute atomic E-state index is 5.64. The first-order valence-corrected chi connectivity index (χ1v) is 5.76. The monoisotopic (exact) mass is 218 g/mol. The molecular weight excluding hydrogens is 204 g/mol. The molecule has 0 radical (unpaired) electrons. The van der Waals surface area contributed by atoms with Crippen molar-refractivity contribution in [3.05, 3.63) is 40.4 Å². The van der Waals surface area contributed by atoms with Gasteiger partial charge >= 0.3 is 0 Å². The minimum absolute atomic E-state index is 0.579. The zero-order chi connectivity index (χ0) is 10.8. The summed E-state index contributed by atoms with van der Waals surface area (Å²) in [6, 6.07) is 8.42. The summed E-state index contributed by atoms with van der Waals surface area (Å²) in [7, 11) is 0. The van der Waals surface area contributed by atoms with Crippen molar-refractivity contribution < 1.29 is 0 Å². The minimum Gasteiger partial charge on any atom is -0.326 e. The molecule has 0 spiro atoms. The summed E-state index contributed by atoms with van der Waals surface area (Å²) in [6.07, 6.45) is 0. The van der Waals surface area contributed by atoms with Gasteiger partial charge in [0.2, 0.25) is 0 Å². The average Bonchev–Trinajstić information content (AvgIpc) is 2.61. The van der Waals surface area contributed by atoms with E-state index >= 15 is 0 Å². The van der Waals surface area contributed by atoms with Crippen molar-refractivity contribution in [2.75, 3.05) is 0 Å². The SMILES string of the molecule is Cc1ccc(-c2nc(C)c(CN)s2)cc1. The fraction of sp³-hybridized carbons (Fsp3) is 0.250. The third-order valence-corrected chi connectivity index (χ3v) is 3.61. The molecule has 2 nitrogen and oxygen atoms in total. The van der Waals surface area contributed by atoms with Crippen molar-refractivity contribution in [1.29, 1.82) is 0 Å². The standard InChI is InChI=1S/C12H14N2S/c1-8-3-5-10(6-4-8)12-14-9(2)11(7-13)15-12/h3-6H,7,13H2,1-2H3. The van der Waals surface area contributed by atoms with Crippen LogP contribution in [-0.4, -0.2) is 4.98 Å². The lowest BCUT2D eigenvalue weighted by Crippen LogP contribution is -1.94. The van der Waals surface area contributed by atoms with Crippen LogP contribution >= 0.6 is 11.3 Å². The number of thiazole rings is 1. The summed E-state index contributed by atoms with van der Waals surface area (Å²) in [4.78, 5) is 5.69. The van der Waals surface area contributed by atoms with E-state index in [1.807, 2.05) is 6.92 Å². The van der Waals surface area contributed by atoms with Crippen molar-refractivity contribution in [2.24, 2.45) is 5.73 Å². The number of rotatable bonds is 2. The highest BCUT2D eigenvalue weighted by molar-refractivity contribution is 7.15. The maximum Gasteiger partial charge on any atom is 0.123 e. The van der Waals surface area contributed by atoms with Gasteiger partial charge in [-0.25, -0.2) is 4.98 Å². The number of aryl methyl sites for hydroxylation is 2. The molecule has 1 aromatic heterocycles. The predicted octanol–water partition coefficient (Wildman–Crippen LogP) is 2.89. The van der Waals surface area contributed by atoms with E-state index in [2.05, 4.69) is 36.2 Å². The molecule has 0 aliphatic rings. The summed E-state index contributed by atoms with van der Waals surface area (Å²) in [5.41, 5.74) is 9.13. The first kappa shape index (κ1) is 10.3. The number of hydrogen-bond acceptors (Lipinski definition) is 3. The Labute approximate surface area is 93.8 Å². The third-order valence-electron chi connectivity index (χ3n) is 2.38. The van der Waals surface area contributed by atoms with Crippen molar-refractivity contribution in [3.8, 4) is 10.6 Å². The van der Waals surface area contributed by atoms with E-state index in [4.69, 9.17) is 5.73 Å². The van der Waals surface area contributed by atoms with Gasteiger partial charge in [-0.15, -0.1) is 11.3 Å². The smallest absolute Gasteiger partial charge is 0.123 e. The molecule has 0 fully saturated rings. The second-order valence-corrected chi connectivity index (χ2v) is 4.68. The Morgan fingerprint density at radius 2 is 1.87 bits per heavy atom. The van der Waals surface area contributed by atoms with Crippen LogP contribution in [0.5, 0.6) is 0 Å². The van der Waals surface area contributed by atoms with Gasteiger partial charge in [-0.2, -0.15) is 0 Å². The second-order valence-electron chi connectivity index (χ2n) is 3.60. The Hall–Kier alpha value is -1.19. The normalized spacial score (nSPS) is 10.6. The van der Waals surface area contributed by atoms with Gasteiger partial charge in [0.05, 0.1) is 5.69 Å². The van der Waals surface area contributed by atoms with Crippen LogP contribution in [0.2, 0.25) is 0 Å². The maximum atomic E-state index is 5.64. The fourth-order valence-electron chi connectivity index (χ4n) is 1.44. The quantitative estimate of drug-likeness (QED) is 0.841. The average molecular weight is 218 g/mol. The van der Waals surface area contributed by atoms with Crippen LogP contribution < -0.4 is 5.73 Å². The zero-order valence-corrected chi connectivity index (χ0v) is 9.77. The number of nitrogens with two attached hydrogens (primary N) is 1. The summed E-state index contributed by atoms with van der Waals surface area (Å²) in [6.45, 7) is 4.67. The van der Waals surface area contributed by atoms with Gasteiger partial charge in [-0.05, 0) is 13.8 Å². The first-order chi connectivity index (χ1) is 7.20. The summed E-state index contributed by atoms with van der Waals surface area (Å²) < 4.78 is 0. The predicted molar refractivity (Wildman–Crippen MR) is 64.9 cm³/mol. The minimum atomic E-state index is 0.579. The van der Waals surface area contributed by atoms with Crippen molar-refractivity contribution in [1.82, 2.24) is 4.98 Å². The van der Waals surface area contributed by atoms with Crippen LogP contribution in [-0.2, 0) is 6.54 Å². The van der Waals surface area contributed by atoms with Gasteiger partial charge in [0.15, 0.2) is 0 Å². The largest absolute Gasteiger partial charge is 0.326 e. The van der Waals surface area contributed by atoms with Gasteiger partial charge in [-0.3, -0.25) is 0 Å². The van der Waals surface area contributed by atoms with Crippen LogP contribution in [0.4, 0.5) is 0 Å². The molecule has 2 N–H and O–H groups in total. The lowest BCUT2D eigenvalue weighted by molar-refractivity contribution is 1.06. The van der Waals surface area contributed by atoms with E-state index in [9.17, 15) is 0 Å². The molecule has 1 aromatic carbocycles. The van der Waals surface area contributed by atoms with Crippen LogP contribution in [0.25, 0.3) is 10.6 Å². The van der Waals surface area contributed by atoms with E-state index in [1.54, 1.807) is 11.3 Å². The molecule has 2 rings (SSSR count). The Morgan fingerprint density at radius 3 is 2.40 bits per heavy atom. The Morgan fingerprint density at radius 1 is 1.20 bits per heavy atom. The lowest BCUT2D eigenvalue weighted by atomic mass is 10.2. The molecule has 0 aliphatic heterocycles. The van der Waals surface area contributed by atoms with Gasteiger partial charge in [0, 0.05) is 17.0 Å². The lowest BCUT2D eigenvalue weighted by Gasteiger charge is -1.96. The molecule has 3 heteroatoms. The molecule has 0 saturated heterocycles. The topological polar surface area (TPSA) is 38.9 Å². The third kappa shape index (κ3) is 2.08. The summed E-state index contributed by atoms with van der Waals surface area (Å²) in [5, 5.41) is 1.06. The van der Waals surface area contributed by atoms with Crippen molar-refractivity contribution >= 4 is 11.3 Å². The highest BCUT2D eigenvalue weighted by Crippen LogP contribution is 2.27. The molecule has 15 heavy (non-hydrogen) atoms. The molecule has 0 atom stereocenters. The van der Waals surface area contributed by atoms with Crippen molar-refractivity contribution in [2.45, 2.75) is 20.4 Å². The molecule has 0 bridgehead atoms. The van der Waals surface area contributed by atoms with E-state index in [-0.39, 0.29) is 0 Å².